The highest BCUT2D eigenvalue weighted by molar-refractivity contribution is 6.10. The van der Waals surface area contributed by atoms with Crippen molar-refractivity contribution in [2.24, 2.45) is 73.1 Å². The summed E-state index contributed by atoms with van der Waals surface area (Å²) < 4.78 is 6.16. The van der Waals surface area contributed by atoms with Gasteiger partial charge in [-0.05, 0) is 115 Å². The number of aliphatic imine (C=N–C) groups is 1. The van der Waals surface area contributed by atoms with Gasteiger partial charge in [-0.2, -0.15) is 4.99 Å². The fourth-order valence-corrected chi connectivity index (χ4v) is 11.8. The van der Waals surface area contributed by atoms with Gasteiger partial charge in [0.05, 0.1) is 17.3 Å². The van der Waals surface area contributed by atoms with Gasteiger partial charge in [0.25, 0.3) is 5.91 Å². The van der Waals surface area contributed by atoms with Gasteiger partial charge in [-0.3, -0.25) is 19.2 Å². The third-order valence-corrected chi connectivity index (χ3v) is 14.1. The molecule has 266 valence electrons. The highest BCUT2D eigenvalue weighted by Crippen LogP contribution is 2.73. The van der Waals surface area contributed by atoms with Crippen molar-refractivity contribution in [3.8, 4) is 0 Å². The highest BCUT2D eigenvalue weighted by atomic mass is 16.5. The number of primary amides is 1. The number of fused-ring (bicyclic) bond motifs is 7. The second-order valence-corrected chi connectivity index (χ2v) is 17.9. The molecular formula is C39H60N4O5. The van der Waals surface area contributed by atoms with Gasteiger partial charge in [-0.15, -0.1) is 0 Å². The summed E-state index contributed by atoms with van der Waals surface area (Å²) in [6.45, 7) is 17.1. The van der Waals surface area contributed by atoms with Gasteiger partial charge in [-0.25, -0.2) is 0 Å². The van der Waals surface area contributed by atoms with E-state index in [4.69, 9.17) is 16.2 Å². The third-order valence-electron chi connectivity index (χ3n) is 14.1. The van der Waals surface area contributed by atoms with Crippen LogP contribution in [0.5, 0.6) is 0 Å². The van der Waals surface area contributed by atoms with Crippen LogP contribution in [0.4, 0.5) is 0 Å². The number of ketones is 1. The van der Waals surface area contributed by atoms with Crippen LogP contribution in [0.3, 0.4) is 0 Å². The predicted molar refractivity (Wildman–Crippen MR) is 187 cm³/mol. The predicted octanol–water partition coefficient (Wildman–Crippen LogP) is 6.01. The van der Waals surface area contributed by atoms with Crippen LogP contribution < -0.4 is 16.8 Å². The zero-order chi connectivity index (χ0) is 35.6. The molecule has 0 spiro atoms. The lowest BCUT2D eigenvalue weighted by molar-refractivity contribution is -0.213. The van der Waals surface area contributed by atoms with E-state index in [0.29, 0.717) is 24.2 Å². The monoisotopic (exact) mass is 664 g/mol. The van der Waals surface area contributed by atoms with Crippen LogP contribution in [0.2, 0.25) is 0 Å². The van der Waals surface area contributed by atoms with Crippen molar-refractivity contribution in [1.29, 1.82) is 0 Å². The maximum atomic E-state index is 14.1. The molecule has 4 fully saturated rings. The number of nitrogens with zero attached hydrogens (tertiary/aromatic N) is 1. The van der Waals surface area contributed by atoms with Crippen LogP contribution >= 0.6 is 0 Å². The third kappa shape index (κ3) is 5.65. The number of hydrogen-bond donors (Lipinski definition) is 3. The van der Waals surface area contributed by atoms with Crippen LogP contribution in [0, 0.1) is 56.7 Å². The number of nitrogens with two attached hydrogens (primary N) is 2. The molecule has 2 amide bonds. The molecule has 5 aliphatic carbocycles. The molecule has 0 bridgehead atoms. The van der Waals surface area contributed by atoms with Crippen molar-refractivity contribution in [2.75, 3.05) is 7.05 Å². The molecule has 5 aliphatic rings. The number of amidine groups is 1. The molecule has 48 heavy (non-hydrogen) atoms. The number of rotatable bonds is 8. The average molecular weight is 665 g/mol. The summed E-state index contributed by atoms with van der Waals surface area (Å²) in [5, 5.41) is 2.89. The lowest BCUT2D eigenvalue weighted by Gasteiger charge is -2.68. The Labute approximate surface area is 287 Å². The van der Waals surface area contributed by atoms with Crippen molar-refractivity contribution in [2.45, 2.75) is 126 Å². The standard InChI is InChI=1S/C39H60N4O5/c1-22(2)31-25(44)20-39(34(47)43-29(40)15-19-42-9)18-12-24-23(32(31)39)10-11-27-37(24,7)16-13-26-36(5,6)28(14-17-38(26,27)8)48-30(45)21-35(3,4)33(41)46/h15,19,22-24,26-28,42H,10-14,16-18,20-21H2,1-9H3,(H2,41,46)(H2,40,43,47)/b19-15-/t23?,24?,26?,27?,28?,37?,38?,39-/m1/s1. The Hall–Kier alpha value is -2.97. The average Bonchev–Trinajstić information content (AvgIpc) is 3.30. The summed E-state index contributed by atoms with van der Waals surface area (Å²) in [5.74, 6) is 0.584. The number of nitrogens with one attached hydrogen (secondary N) is 1. The molecular weight excluding hydrogens is 604 g/mol. The number of carbonyl (C=O) groups is 4. The van der Waals surface area contributed by atoms with E-state index in [2.05, 4.69) is 51.9 Å². The highest BCUT2D eigenvalue weighted by Gasteiger charge is 2.67. The molecule has 0 aliphatic heterocycles. The lowest BCUT2D eigenvalue weighted by Crippen LogP contribution is -2.63. The Kier molecular flexibility index (Phi) is 9.39. The first-order chi connectivity index (χ1) is 22.3. The number of ether oxygens (including phenoxy) is 1. The zero-order valence-corrected chi connectivity index (χ0v) is 30.8. The first-order valence-corrected chi connectivity index (χ1v) is 18.3. The summed E-state index contributed by atoms with van der Waals surface area (Å²) in [6.07, 6.45) is 10.6. The smallest absolute Gasteiger partial charge is 0.307 e. The van der Waals surface area contributed by atoms with Gasteiger partial charge < -0.3 is 21.5 Å². The van der Waals surface area contributed by atoms with Crippen LogP contribution in [0.15, 0.2) is 28.4 Å². The Morgan fingerprint density at radius 2 is 1.65 bits per heavy atom. The summed E-state index contributed by atoms with van der Waals surface area (Å²) in [6, 6.07) is 0. The number of hydrogen-bond acceptors (Lipinski definition) is 6. The van der Waals surface area contributed by atoms with Gasteiger partial charge >= 0.3 is 5.97 Å². The van der Waals surface area contributed by atoms with Crippen molar-refractivity contribution in [3.05, 3.63) is 23.4 Å². The fraction of sp³-hybridized carbons (Fsp3) is 0.769. The maximum absolute atomic E-state index is 14.1. The molecule has 4 saturated carbocycles. The Morgan fingerprint density at radius 1 is 0.979 bits per heavy atom. The van der Waals surface area contributed by atoms with Crippen LogP contribution in [0.1, 0.15) is 120 Å². The molecule has 0 heterocycles. The van der Waals surface area contributed by atoms with E-state index in [-0.39, 0.29) is 70.5 Å². The first-order valence-electron chi connectivity index (χ1n) is 18.3. The minimum Gasteiger partial charge on any atom is -0.462 e. The quantitative estimate of drug-likeness (QED) is 0.163. The molecule has 0 saturated heterocycles. The van der Waals surface area contributed by atoms with Crippen LogP contribution in [0.25, 0.3) is 0 Å². The summed E-state index contributed by atoms with van der Waals surface area (Å²) in [4.78, 5) is 57.1. The Bertz CT molecular complexity index is 1460. The minimum atomic E-state index is -0.949. The van der Waals surface area contributed by atoms with Gasteiger partial charge in [0.2, 0.25) is 5.91 Å². The first kappa shape index (κ1) is 36.3. The molecule has 0 aromatic carbocycles. The summed E-state index contributed by atoms with van der Waals surface area (Å²) in [5.41, 5.74) is 11.7. The van der Waals surface area contributed by atoms with Crippen molar-refractivity contribution in [1.82, 2.24) is 5.32 Å². The minimum absolute atomic E-state index is 0.0219. The molecule has 0 radical (unpaired) electrons. The zero-order valence-electron chi connectivity index (χ0n) is 30.8. The Morgan fingerprint density at radius 3 is 2.27 bits per heavy atom. The molecule has 0 aromatic heterocycles. The lowest BCUT2D eigenvalue weighted by atomic mass is 9.36. The fourth-order valence-electron chi connectivity index (χ4n) is 11.8. The van der Waals surface area contributed by atoms with E-state index >= 15 is 0 Å². The summed E-state index contributed by atoms with van der Waals surface area (Å²) >= 11 is 0. The summed E-state index contributed by atoms with van der Waals surface area (Å²) in [7, 11) is 1.76. The van der Waals surface area contributed by atoms with E-state index in [9.17, 15) is 19.2 Å². The van der Waals surface area contributed by atoms with Crippen LogP contribution in [-0.4, -0.2) is 42.6 Å². The molecule has 0 aromatic rings. The number of esters is 1. The molecule has 5 rings (SSSR count). The second-order valence-electron chi connectivity index (χ2n) is 17.9. The van der Waals surface area contributed by atoms with Crippen molar-refractivity contribution in [3.63, 3.8) is 0 Å². The van der Waals surface area contributed by atoms with Gasteiger partial charge in [0.15, 0.2) is 5.78 Å². The van der Waals surface area contributed by atoms with E-state index in [0.717, 1.165) is 56.1 Å². The maximum Gasteiger partial charge on any atom is 0.307 e. The van der Waals surface area contributed by atoms with E-state index in [1.54, 1.807) is 33.2 Å². The second kappa shape index (κ2) is 12.4. The molecule has 5 N–H and O–H groups in total. The molecule has 9 nitrogen and oxygen atoms in total. The van der Waals surface area contributed by atoms with E-state index in [1.165, 1.54) is 0 Å². The van der Waals surface area contributed by atoms with Crippen molar-refractivity contribution < 1.29 is 23.9 Å². The van der Waals surface area contributed by atoms with E-state index < -0.39 is 16.7 Å². The van der Waals surface area contributed by atoms with Gasteiger partial charge in [-0.1, -0.05) is 55.4 Å². The number of amides is 2. The van der Waals surface area contributed by atoms with Crippen molar-refractivity contribution >= 4 is 29.4 Å². The number of carbonyl (C=O) groups excluding carboxylic acids is 4. The van der Waals surface area contributed by atoms with Gasteiger partial charge in [0.1, 0.15) is 11.9 Å². The topological polar surface area (TPSA) is 154 Å². The Balaban J connectivity index is 1.44. The number of Topliss-reactive ketones (excluding diaryl/α,β-unsaturated/α-hetero) is 1. The van der Waals surface area contributed by atoms with Crippen LogP contribution in [-0.2, 0) is 23.9 Å². The SMILES string of the molecule is CN/C=C\C(N)=NC(=O)[C@@]12CCC3C(CCC4C3(C)CCC3C(C)(C)C(OC(=O)CC(C)(C)C(N)=O)CCC34C)C1=C(C(C)C)C(=O)C2. The molecule has 7 unspecified atom stereocenters. The molecule has 8 atom stereocenters. The molecule has 9 heteroatoms. The van der Waals surface area contributed by atoms with Gasteiger partial charge in [0, 0.05) is 18.9 Å². The van der Waals surface area contributed by atoms with E-state index in [1.807, 2.05) is 0 Å². The normalized spacial score (nSPS) is 37.8. The largest absolute Gasteiger partial charge is 0.462 e. The number of allylic oxidation sites excluding steroid dienone is 1.